The Hall–Kier alpha value is -3.61. The highest BCUT2D eigenvalue weighted by atomic mass is 16.5. The zero-order chi connectivity index (χ0) is 18.5. The predicted octanol–water partition coefficient (Wildman–Crippen LogP) is 3.51. The molecule has 0 saturated heterocycles. The Morgan fingerprint density at radius 3 is 2.65 bits per heavy atom. The number of anilines is 1. The summed E-state index contributed by atoms with van der Waals surface area (Å²) in [6.45, 7) is 2.16. The van der Waals surface area contributed by atoms with Crippen LogP contribution in [0.5, 0.6) is 5.75 Å². The molecule has 1 aromatic carbocycles. The minimum absolute atomic E-state index is 0.0488. The topological polar surface area (TPSA) is 102 Å². The first-order valence-corrected chi connectivity index (χ1v) is 7.81. The van der Waals surface area contributed by atoms with Crippen LogP contribution in [0.25, 0.3) is 0 Å². The molecule has 7 nitrogen and oxygen atoms in total. The summed E-state index contributed by atoms with van der Waals surface area (Å²) in [5, 5.41) is 11.6. The number of carboxylic acids is 1. The molecule has 0 aliphatic rings. The van der Waals surface area contributed by atoms with Crippen LogP contribution in [-0.4, -0.2) is 22.0 Å². The Labute approximate surface area is 149 Å². The van der Waals surface area contributed by atoms with E-state index in [2.05, 4.69) is 10.3 Å². The number of nitrogens with zero attached hydrogens (tertiary/aromatic N) is 1. The van der Waals surface area contributed by atoms with Crippen LogP contribution in [0.2, 0.25) is 0 Å². The van der Waals surface area contributed by atoms with Crippen LogP contribution in [0.3, 0.4) is 0 Å². The highest BCUT2D eigenvalue weighted by Gasteiger charge is 2.17. The van der Waals surface area contributed by atoms with E-state index in [0.717, 1.165) is 5.56 Å². The minimum Gasteiger partial charge on any atom is -0.486 e. The molecule has 0 radical (unpaired) electrons. The van der Waals surface area contributed by atoms with Gasteiger partial charge in [-0.2, -0.15) is 0 Å². The largest absolute Gasteiger partial charge is 0.486 e. The first-order chi connectivity index (χ1) is 12.5. The van der Waals surface area contributed by atoms with E-state index in [1.165, 1.54) is 24.4 Å². The number of hydrogen-bond acceptors (Lipinski definition) is 5. The molecule has 0 fully saturated rings. The van der Waals surface area contributed by atoms with Gasteiger partial charge in [0.1, 0.15) is 18.1 Å². The first kappa shape index (κ1) is 17.2. The van der Waals surface area contributed by atoms with Crippen LogP contribution in [0.4, 0.5) is 5.69 Å². The Morgan fingerprint density at radius 2 is 1.92 bits per heavy atom. The summed E-state index contributed by atoms with van der Waals surface area (Å²) in [7, 11) is 0. The summed E-state index contributed by atoms with van der Waals surface area (Å²) < 4.78 is 11.1. The van der Waals surface area contributed by atoms with Gasteiger partial charge >= 0.3 is 5.97 Å². The van der Waals surface area contributed by atoms with Crippen LogP contribution in [-0.2, 0) is 6.61 Å². The van der Waals surface area contributed by atoms with Crippen molar-refractivity contribution in [1.82, 2.24) is 4.98 Å². The number of furan rings is 1. The number of amides is 1. The summed E-state index contributed by atoms with van der Waals surface area (Å²) in [6, 6.07) is 13.7. The molecule has 3 aromatic rings. The van der Waals surface area contributed by atoms with Crippen LogP contribution >= 0.6 is 0 Å². The second-order valence-corrected chi connectivity index (χ2v) is 5.53. The van der Waals surface area contributed by atoms with E-state index in [0.29, 0.717) is 11.5 Å². The van der Waals surface area contributed by atoms with E-state index in [9.17, 15) is 9.59 Å². The highest BCUT2D eigenvalue weighted by molar-refractivity contribution is 6.05. The lowest BCUT2D eigenvalue weighted by atomic mass is 10.2. The second-order valence-electron chi connectivity index (χ2n) is 5.53. The summed E-state index contributed by atoms with van der Waals surface area (Å²) in [6.07, 6.45) is 1.34. The third kappa shape index (κ3) is 4.07. The van der Waals surface area contributed by atoms with Gasteiger partial charge in [0, 0.05) is 6.20 Å². The summed E-state index contributed by atoms with van der Waals surface area (Å²) >= 11 is 0. The lowest BCUT2D eigenvalue weighted by molar-refractivity contribution is 0.0691. The molecular weight excluding hydrogens is 336 g/mol. The van der Waals surface area contributed by atoms with Crippen LogP contribution in [0, 0.1) is 6.92 Å². The molecule has 2 aromatic heterocycles. The fourth-order valence-electron chi connectivity index (χ4n) is 2.23. The van der Waals surface area contributed by atoms with Gasteiger partial charge in [-0.25, -0.2) is 9.78 Å². The molecule has 0 aliphatic carbocycles. The average Bonchev–Trinajstić information content (AvgIpc) is 3.11. The SMILES string of the molecule is Cc1ccc(OCc2ccc(C(=O)Nc3cccnc3C(=O)O)o2)cc1. The Kier molecular flexibility index (Phi) is 4.98. The number of ether oxygens (including phenoxy) is 1. The Morgan fingerprint density at radius 1 is 1.15 bits per heavy atom. The third-order valence-corrected chi connectivity index (χ3v) is 3.55. The molecular formula is C19H16N2O5. The van der Waals surface area contributed by atoms with Gasteiger partial charge in [-0.15, -0.1) is 0 Å². The molecule has 0 unspecified atom stereocenters. The van der Waals surface area contributed by atoms with Gasteiger partial charge in [-0.1, -0.05) is 17.7 Å². The van der Waals surface area contributed by atoms with E-state index in [1.54, 1.807) is 6.07 Å². The van der Waals surface area contributed by atoms with Crippen molar-refractivity contribution in [2.24, 2.45) is 0 Å². The molecule has 0 saturated carbocycles. The van der Waals surface area contributed by atoms with E-state index in [-0.39, 0.29) is 23.7 Å². The molecule has 0 atom stereocenters. The van der Waals surface area contributed by atoms with Crippen LogP contribution < -0.4 is 10.1 Å². The van der Waals surface area contributed by atoms with E-state index >= 15 is 0 Å². The molecule has 0 bridgehead atoms. The number of carbonyl (C=O) groups excluding carboxylic acids is 1. The number of benzene rings is 1. The molecule has 0 aliphatic heterocycles. The number of aromatic carboxylic acids is 1. The minimum atomic E-state index is -1.23. The smallest absolute Gasteiger partial charge is 0.356 e. The Balaban J connectivity index is 1.65. The van der Waals surface area contributed by atoms with Gasteiger partial charge < -0.3 is 19.6 Å². The molecule has 2 N–H and O–H groups in total. The van der Waals surface area contributed by atoms with Crippen molar-refractivity contribution in [3.05, 3.63) is 77.5 Å². The lowest BCUT2D eigenvalue weighted by Gasteiger charge is -2.06. The number of nitrogens with one attached hydrogen (secondary N) is 1. The molecule has 2 heterocycles. The van der Waals surface area contributed by atoms with Gasteiger partial charge in [0.2, 0.25) is 0 Å². The van der Waals surface area contributed by atoms with Gasteiger partial charge in [0.25, 0.3) is 5.91 Å². The van der Waals surface area contributed by atoms with Crippen molar-refractivity contribution in [3.8, 4) is 5.75 Å². The zero-order valence-corrected chi connectivity index (χ0v) is 13.9. The van der Waals surface area contributed by atoms with Gasteiger partial charge in [-0.3, -0.25) is 4.79 Å². The molecule has 7 heteroatoms. The highest BCUT2D eigenvalue weighted by Crippen LogP contribution is 2.17. The monoisotopic (exact) mass is 352 g/mol. The predicted molar refractivity (Wildman–Crippen MR) is 93.4 cm³/mol. The van der Waals surface area contributed by atoms with E-state index in [4.69, 9.17) is 14.3 Å². The number of carbonyl (C=O) groups is 2. The lowest BCUT2D eigenvalue weighted by Crippen LogP contribution is -2.15. The maximum atomic E-state index is 12.2. The van der Waals surface area contributed by atoms with Gasteiger partial charge in [-0.05, 0) is 43.3 Å². The number of pyridine rings is 1. The normalized spacial score (nSPS) is 10.3. The first-order valence-electron chi connectivity index (χ1n) is 7.81. The second kappa shape index (κ2) is 7.52. The number of rotatable bonds is 6. The van der Waals surface area contributed by atoms with Gasteiger partial charge in [0.05, 0.1) is 5.69 Å². The molecule has 0 spiro atoms. The van der Waals surface area contributed by atoms with E-state index in [1.807, 2.05) is 31.2 Å². The fourth-order valence-corrected chi connectivity index (χ4v) is 2.23. The van der Waals surface area contributed by atoms with Crippen molar-refractivity contribution in [1.29, 1.82) is 0 Å². The van der Waals surface area contributed by atoms with Gasteiger partial charge in [0.15, 0.2) is 11.5 Å². The quantitative estimate of drug-likeness (QED) is 0.704. The summed E-state index contributed by atoms with van der Waals surface area (Å²) in [4.78, 5) is 27.1. The number of aryl methyl sites for hydroxylation is 1. The number of aromatic nitrogens is 1. The fraction of sp³-hybridized carbons (Fsp3) is 0.105. The van der Waals surface area contributed by atoms with Crippen molar-refractivity contribution in [2.45, 2.75) is 13.5 Å². The van der Waals surface area contributed by atoms with Crippen molar-refractivity contribution in [3.63, 3.8) is 0 Å². The Bertz CT molecular complexity index is 931. The standard InChI is InChI=1S/C19H16N2O5/c1-12-4-6-13(7-5-12)25-11-14-8-9-16(26-14)18(22)21-15-3-2-10-20-17(15)19(23)24/h2-10H,11H2,1H3,(H,21,22)(H,23,24). The van der Waals surface area contributed by atoms with Crippen LogP contribution in [0.15, 0.2) is 59.1 Å². The maximum absolute atomic E-state index is 12.2. The van der Waals surface area contributed by atoms with E-state index < -0.39 is 11.9 Å². The zero-order valence-electron chi connectivity index (χ0n) is 13.9. The van der Waals surface area contributed by atoms with Crippen molar-refractivity contribution in [2.75, 3.05) is 5.32 Å². The van der Waals surface area contributed by atoms with Crippen molar-refractivity contribution >= 4 is 17.6 Å². The molecule has 132 valence electrons. The number of hydrogen-bond donors (Lipinski definition) is 2. The maximum Gasteiger partial charge on any atom is 0.356 e. The summed E-state index contributed by atoms with van der Waals surface area (Å²) in [5.41, 5.74) is 0.986. The van der Waals surface area contributed by atoms with Crippen LogP contribution in [0.1, 0.15) is 32.4 Å². The average molecular weight is 352 g/mol. The molecule has 26 heavy (non-hydrogen) atoms. The molecule has 3 rings (SSSR count). The van der Waals surface area contributed by atoms with Crippen molar-refractivity contribution < 1.29 is 23.8 Å². The number of carboxylic acid groups (broad SMARTS) is 1. The third-order valence-electron chi connectivity index (χ3n) is 3.55. The summed E-state index contributed by atoms with van der Waals surface area (Å²) in [5.74, 6) is -0.581. The molecule has 1 amide bonds.